The van der Waals surface area contributed by atoms with Crippen LogP contribution in [0.5, 0.6) is 5.75 Å². The Balaban J connectivity index is 1.64. The number of hydrogen-bond donors (Lipinski definition) is 1. The Labute approximate surface area is 190 Å². The van der Waals surface area contributed by atoms with Crippen LogP contribution in [0, 0.1) is 0 Å². The number of nitrogens with one attached hydrogen (secondary N) is 1. The SMILES string of the molecule is CCSNC1CCN2C(=O)CCCCCCOc3ccccc3-c3cccc(c3)CC12. The first-order valence-electron chi connectivity index (χ1n) is 11.7. The molecule has 5 heteroatoms. The fourth-order valence-electron chi connectivity index (χ4n) is 4.74. The van der Waals surface area contributed by atoms with Gasteiger partial charge in [0.15, 0.2) is 0 Å². The second kappa shape index (κ2) is 11.1. The molecule has 2 aliphatic rings. The lowest BCUT2D eigenvalue weighted by Crippen LogP contribution is -2.44. The fourth-order valence-corrected chi connectivity index (χ4v) is 5.40. The van der Waals surface area contributed by atoms with Crippen molar-refractivity contribution in [1.82, 2.24) is 9.62 Å². The Hall–Kier alpha value is -1.98. The second-order valence-corrected chi connectivity index (χ2v) is 9.62. The van der Waals surface area contributed by atoms with Gasteiger partial charge in [-0.1, -0.05) is 74.2 Å². The maximum atomic E-state index is 13.1. The molecule has 0 saturated carbocycles. The first kappa shape index (κ1) is 22.2. The number of carbonyl (C=O) groups excluding carboxylic acids is 1. The minimum Gasteiger partial charge on any atom is -0.493 e. The van der Waals surface area contributed by atoms with Crippen LogP contribution in [0.15, 0.2) is 48.5 Å². The number of hydrogen-bond acceptors (Lipinski definition) is 4. The van der Waals surface area contributed by atoms with Crippen molar-refractivity contribution in [3.8, 4) is 16.9 Å². The highest BCUT2D eigenvalue weighted by atomic mass is 32.2. The van der Waals surface area contributed by atoms with E-state index in [-0.39, 0.29) is 6.04 Å². The maximum Gasteiger partial charge on any atom is 0.222 e. The molecule has 166 valence electrons. The van der Waals surface area contributed by atoms with E-state index >= 15 is 0 Å². The number of benzene rings is 2. The molecule has 1 fully saturated rings. The van der Waals surface area contributed by atoms with Gasteiger partial charge >= 0.3 is 0 Å². The number of fused-ring (bicyclic) bond motifs is 5. The molecule has 2 atom stereocenters. The standard InChI is InChI=1S/C26H34N2O2S/c1-2-31-27-23-15-16-28-24(23)19-20-10-9-11-21(18-20)22-12-6-7-13-25(22)30-17-8-4-3-5-14-26(28)29/h6-7,9-13,18,23-24,27H,2-5,8,14-17,19H2,1H3. The number of para-hydroxylation sites is 1. The molecule has 4 rings (SSSR count). The van der Waals surface area contributed by atoms with Crippen LogP contribution in [0.2, 0.25) is 0 Å². The number of nitrogens with zero attached hydrogens (tertiary/aromatic N) is 1. The van der Waals surface area contributed by atoms with Gasteiger partial charge in [-0.3, -0.25) is 9.52 Å². The molecular formula is C26H34N2O2S. The van der Waals surface area contributed by atoms with E-state index in [1.165, 1.54) is 11.1 Å². The highest BCUT2D eigenvalue weighted by Crippen LogP contribution is 2.32. The minimum atomic E-state index is 0.209. The minimum absolute atomic E-state index is 0.209. The van der Waals surface area contributed by atoms with Crippen molar-refractivity contribution in [3.63, 3.8) is 0 Å². The van der Waals surface area contributed by atoms with Gasteiger partial charge in [-0.25, -0.2) is 0 Å². The van der Waals surface area contributed by atoms with Crippen LogP contribution in [0.3, 0.4) is 0 Å². The number of carbonyl (C=O) groups is 1. The molecule has 31 heavy (non-hydrogen) atoms. The lowest BCUT2D eigenvalue weighted by molar-refractivity contribution is -0.132. The largest absolute Gasteiger partial charge is 0.493 e. The van der Waals surface area contributed by atoms with Crippen molar-refractivity contribution < 1.29 is 9.53 Å². The molecule has 2 aliphatic heterocycles. The Morgan fingerprint density at radius 1 is 1.10 bits per heavy atom. The van der Waals surface area contributed by atoms with Crippen LogP contribution < -0.4 is 9.46 Å². The highest BCUT2D eigenvalue weighted by molar-refractivity contribution is 7.97. The summed E-state index contributed by atoms with van der Waals surface area (Å²) in [6.45, 7) is 3.75. The first-order valence-corrected chi connectivity index (χ1v) is 12.7. The predicted molar refractivity (Wildman–Crippen MR) is 129 cm³/mol. The van der Waals surface area contributed by atoms with Gasteiger partial charge in [-0.15, -0.1) is 0 Å². The Kier molecular flexibility index (Phi) is 7.92. The van der Waals surface area contributed by atoms with Crippen LogP contribution in [0.25, 0.3) is 11.1 Å². The zero-order valence-electron chi connectivity index (χ0n) is 18.5. The molecule has 1 N–H and O–H groups in total. The third kappa shape index (κ3) is 5.64. The van der Waals surface area contributed by atoms with E-state index in [2.05, 4.69) is 59.0 Å². The fraction of sp³-hybridized carbons (Fsp3) is 0.500. The molecule has 2 aromatic rings. The van der Waals surface area contributed by atoms with Gasteiger partial charge in [-0.05, 0) is 42.9 Å². The molecule has 1 saturated heterocycles. The summed E-state index contributed by atoms with van der Waals surface area (Å²) in [5.41, 5.74) is 3.60. The summed E-state index contributed by atoms with van der Waals surface area (Å²) in [5.74, 6) is 2.31. The van der Waals surface area contributed by atoms with Crippen molar-refractivity contribution in [3.05, 3.63) is 54.1 Å². The van der Waals surface area contributed by atoms with Crippen molar-refractivity contribution in [2.24, 2.45) is 0 Å². The molecular weight excluding hydrogens is 404 g/mol. The van der Waals surface area contributed by atoms with Gasteiger partial charge in [0.05, 0.1) is 12.6 Å². The van der Waals surface area contributed by atoms with E-state index in [0.717, 1.165) is 68.7 Å². The van der Waals surface area contributed by atoms with E-state index in [1.807, 2.05) is 6.07 Å². The van der Waals surface area contributed by atoms with E-state index in [1.54, 1.807) is 11.9 Å². The van der Waals surface area contributed by atoms with Crippen molar-refractivity contribution in [2.45, 2.75) is 64.0 Å². The van der Waals surface area contributed by atoms with Crippen molar-refractivity contribution >= 4 is 17.9 Å². The lowest BCUT2D eigenvalue weighted by atomic mass is 9.96. The number of ether oxygens (including phenoxy) is 1. The Bertz CT molecular complexity index is 872. The van der Waals surface area contributed by atoms with E-state index < -0.39 is 0 Å². The Morgan fingerprint density at radius 3 is 2.87 bits per heavy atom. The average Bonchev–Trinajstić information content (AvgIpc) is 3.19. The molecule has 0 radical (unpaired) electrons. The Morgan fingerprint density at radius 2 is 1.97 bits per heavy atom. The van der Waals surface area contributed by atoms with E-state index in [4.69, 9.17) is 4.74 Å². The van der Waals surface area contributed by atoms with Crippen LogP contribution >= 0.6 is 11.9 Å². The normalized spacial score (nSPS) is 22.5. The molecule has 2 heterocycles. The molecule has 0 spiro atoms. The van der Waals surface area contributed by atoms with Crippen LogP contribution in [0.1, 0.15) is 51.0 Å². The molecule has 0 aliphatic carbocycles. The monoisotopic (exact) mass is 438 g/mol. The summed E-state index contributed by atoms with van der Waals surface area (Å²) in [6.07, 6.45) is 6.75. The summed E-state index contributed by atoms with van der Waals surface area (Å²) in [4.78, 5) is 15.2. The van der Waals surface area contributed by atoms with Gasteiger partial charge in [-0.2, -0.15) is 0 Å². The molecule has 2 unspecified atom stereocenters. The maximum absolute atomic E-state index is 13.1. The molecule has 4 nitrogen and oxygen atoms in total. The van der Waals surface area contributed by atoms with Gasteiger partial charge in [0.25, 0.3) is 0 Å². The molecule has 2 bridgehead atoms. The summed E-state index contributed by atoms with van der Waals surface area (Å²) in [6, 6.07) is 17.7. The van der Waals surface area contributed by atoms with E-state index in [9.17, 15) is 4.79 Å². The van der Waals surface area contributed by atoms with Gasteiger partial charge in [0, 0.05) is 30.3 Å². The quantitative estimate of drug-likeness (QED) is 0.646. The van der Waals surface area contributed by atoms with Crippen LogP contribution in [-0.4, -0.2) is 41.8 Å². The van der Waals surface area contributed by atoms with Gasteiger partial charge in [0.1, 0.15) is 5.75 Å². The summed E-state index contributed by atoms with van der Waals surface area (Å²) >= 11 is 1.76. The average molecular weight is 439 g/mol. The summed E-state index contributed by atoms with van der Waals surface area (Å²) in [7, 11) is 0. The topological polar surface area (TPSA) is 41.6 Å². The van der Waals surface area contributed by atoms with Crippen molar-refractivity contribution in [2.75, 3.05) is 18.9 Å². The first-order chi connectivity index (χ1) is 15.3. The smallest absolute Gasteiger partial charge is 0.222 e. The lowest BCUT2D eigenvalue weighted by Gasteiger charge is -2.29. The van der Waals surface area contributed by atoms with Crippen LogP contribution in [0.4, 0.5) is 0 Å². The summed E-state index contributed by atoms with van der Waals surface area (Å²) < 4.78 is 9.78. The zero-order valence-corrected chi connectivity index (χ0v) is 19.3. The van der Waals surface area contributed by atoms with Crippen molar-refractivity contribution in [1.29, 1.82) is 0 Å². The van der Waals surface area contributed by atoms with Gasteiger partial charge < -0.3 is 9.64 Å². The number of amides is 1. The highest BCUT2D eigenvalue weighted by Gasteiger charge is 2.36. The summed E-state index contributed by atoms with van der Waals surface area (Å²) in [5, 5.41) is 0. The predicted octanol–water partition coefficient (Wildman–Crippen LogP) is 5.47. The molecule has 0 aromatic heterocycles. The second-order valence-electron chi connectivity index (χ2n) is 8.51. The molecule has 2 aromatic carbocycles. The third-order valence-electron chi connectivity index (χ3n) is 6.36. The number of rotatable bonds is 3. The van der Waals surface area contributed by atoms with E-state index in [0.29, 0.717) is 18.4 Å². The van der Waals surface area contributed by atoms with Gasteiger partial charge in [0.2, 0.25) is 5.91 Å². The third-order valence-corrected chi connectivity index (χ3v) is 7.12. The zero-order chi connectivity index (χ0) is 21.5. The molecule has 1 amide bonds. The van der Waals surface area contributed by atoms with Crippen LogP contribution in [-0.2, 0) is 11.2 Å².